The lowest BCUT2D eigenvalue weighted by atomic mass is 10.2. The molecule has 4 heteroatoms. The van der Waals surface area contributed by atoms with Gasteiger partial charge in [-0.3, -0.25) is 9.78 Å². The van der Waals surface area contributed by atoms with Crippen LogP contribution in [0.15, 0.2) is 30.5 Å². The Morgan fingerprint density at radius 3 is 2.37 bits per heavy atom. The minimum atomic E-state index is -0.0260. The van der Waals surface area contributed by atoms with E-state index in [4.69, 9.17) is 0 Å². The van der Waals surface area contributed by atoms with Crippen molar-refractivity contribution in [1.29, 1.82) is 0 Å². The van der Waals surface area contributed by atoms with Crippen LogP contribution in [0, 0.1) is 0 Å². The lowest BCUT2D eigenvalue weighted by molar-refractivity contribution is 0.0749. The fourth-order valence-electron chi connectivity index (χ4n) is 2.08. The van der Waals surface area contributed by atoms with Gasteiger partial charge in [-0.2, -0.15) is 0 Å². The van der Waals surface area contributed by atoms with Crippen LogP contribution in [0.3, 0.4) is 0 Å². The first-order valence-electron chi connectivity index (χ1n) is 6.77. The summed E-state index contributed by atoms with van der Waals surface area (Å²) in [4.78, 5) is 22.9. The van der Waals surface area contributed by atoms with E-state index in [-0.39, 0.29) is 5.91 Å². The Hall–Kier alpha value is -1.97. The quantitative estimate of drug-likeness (QED) is 0.827. The Labute approximate surface area is 113 Å². The van der Waals surface area contributed by atoms with Gasteiger partial charge in [-0.05, 0) is 25.0 Å². The number of rotatable bonds is 5. The minimum absolute atomic E-state index is 0.0260. The van der Waals surface area contributed by atoms with Crippen molar-refractivity contribution in [3.63, 3.8) is 0 Å². The first-order chi connectivity index (χ1) is 9.26. The van der Waals surface area contributed by atoms with Crippen molar-refractivity contribution in [3.8, 4) is 0 Å². The molecule has 0 fully saturated rings. The number of nitrogens with zero attached hydrogens (tertiary/aromatic N) is 3. The predicted molar refractivity (Wildman–Crippen MR) is 76.0 cm³/mol. The molecule has 0 bridgehead atoms. The van der Waals surface area contributed by atoms with Gasteiger partial charge in [0.15, 0.2) is 0 Å². The lowest BCUT2D eigenvalue weighted by Gasteiger charge is -2.20. The van der Waals surface area contributed by atoms with E-state index < -0.39 is 0 Å². The summed E-state index contributed by atoms with van der Waals surface area (Å²) in [7, 11) is 0. The molecule has 0 aliphatic carbocycles. The molecule has 0 saturated carbocycles. The summed E-state index contributed by atoms with van der Waals surface area (Å²) in [6.45, 7) is 5.67. The zero-order valence-electron chi connectivity index (χ0n) is 11.5. The summed E-state index contributed by atoms with van der Waals surface area (Å²) in [6, 6.07) is 7.59. The molecule has 0 unspecified atom stereocenters. The van der Waals surface area contributed by atoms with Crippen LogP contribution in [-0.4, -0.2) is 33.9 Å². The van der Waals surface area contributed by atoms with E-state index in [1.165, 1.54) is 0 Å². The van der Waals surface area contributed by atoms with Crippen LogP contribution in [0.1, 0.15) is 37.2 Å². The van der Waals surface area contributed by atoms with Crippen molar-refractivity contribution in [2.45, 2.75) is 26.7 Å². The van der Waals surface area contributed by atoms with Crippen LogP contribution < -0.4 is 0 Å². The molecule has 0 saturated heterocycles. The Morgan fingerprint density at radius 1 is 1.11 bits per heavy atom. The first-order valence-corrected chi connectivity index (χ1v) is 6.77. The highest BCUT2D eigenvalue weighted by atomic mass is 16.2. The van der Waals surface area contributed by atoms with Crippen LogP contribution in [-0.2, 0) is 0 Å². The molecule has 0 aliphatic heterocycles. The molecule has 0 aliphatic rings. The van der Waals surface area contributed by atoms with Gasteiger partial charge in [0.25, 0.3) is 5.91 Å². The molecule has 1 aromatic carbocycles. The molecule has 1 aromatic heterocycles. The fraction of sp³-hybridized carbons (Fsp3) is 0.400. The second-order valence-corrected chi connectivity index (χ2v) is 4.54. The van der Waals surface area contributed by atoms with Gasteiger partial charge in [0.1, 0.15) is 5.69 Å². The molecular weight excluding hydrogens is 238 g/mol. The van der Waals surface area contributed by atoms with Crippen molar-refractivity contribution in [2.75, 3.05) is 13.1 Å². The molecule has 0 N–H and O–H groups in total. The Morgan fingerprint density at radius 2 is 1.74 bits per heavy atom. The highest BCUT2D eigenvalue weighted by Gasteiger charge is 2.16. The van der Waals surface area contributed by atoms with Gasteiger partial charge in [0, 0.05) is 13.1 Å². The van der Waals surface area contributed by atoms with Crippen LogP contribution in [0.4, 0.5) is 0 Å². The Bertz CT molecular complexity index is 562. The third kappa shape index (κ3) is 3.08. The molecular formula is C15H19N3O. The molecule has 4 nitrogen and oxygen atoms in total. The van der Waals surface area contributed by atoms with E-state index in [2.05, 4.69) is 23.8 Å². The normalized spacial score (nSPS) is 10.6. The number of aromatic nitrogens is 2. The van der Waals surface area contributed by atoms with Gasteiger partial charge in [0.05, 0.1) is 17.2 Å². The van der Waals surface area contributed by atoms with Gasteiger partial charge >= 0.3 is 0 Å². The summed E-state index contributed by atoms with van der Waals surface area (Å²) in [5, 5.41) is 0. The maximum Gasteiger partial charge on any atom is 0.274 e. The SMILES string of the molecule is CCCN(CCC)C(=O)c1cnc2ccccc2n1. The van der Waals surface area contributed by atoms with Crippen molar-refractivity contribution in [3.05, 3.63) is 36.2 Å². The summed E-state index contributed by atoms with van der Waals surface area (Å²) in [5.74, 6) is -0.0260. The summed E-state index contributed by atoms with van der Waals surface area (Å²) in [5.41, 5.74) is 2.01. The molecule has 2 rings (SSSR count). The number of para-hydroxylation sites is 2. The third-order valence-corrected chi connectivity index (χ3v) is 2.94. The van der Waals surface area contributed by atoms with E-state index in [1.54, 1.807) is 6.20 Å². The summed E-state index contributed by atoms with van der Waals surface area (Å²) < 4.78 is 0. The van der Waals surface area contributed by atoms with E-state index >= 15 is 0 Å². The zero-order chi connectivity index (χ0) is 13.7. The average Bonchev–Trinajstić information content (AvgIpc) is 2.46. The number of benzene rings is 1. The average molecular weight is 257 g/mol. The second-order valence-electron chi connectivity index (χ2n) is 4.54. The highest BCUT2D eigenvalue weighted by molar-refractivity contribution is 5.93. The van der Waals surface area contributed by atoms with Crippen LogP contribution in [0.5, 0.6) is 0 Å². The third-order valence-electron chi connectivity index (χ3n) is 2.94. The molecule has 1 heterocycles. The van der Waals surface area contributed by atoms with E-state index in [0.29, 0.717) is 5.69 Å². The molecule has 19 heavy (non-hydrogen) atoms. The van der Waals surface area contributed by atoms with Gasteiger partial charge in [0.2, 0.25) is 0 Å². The van der Waals surface area contributed by atoms with Crippen molar-refractivity contribution < 1.29 is 4.79 Å². The molecule has 0 spiro atoms. The predicted octanol–water partition coefficient (Wildman–Crippen LogP) is 2.89. The largest absolute Gasteiger partial charge is 0.337 e. The second kappa shape index (κ2) is 6.27. The van der Waals surface area contributed by atoms with E-state index in [1.807, 2.05) is 29.2 Å². The topological polar surface area (TPSA) is 46.1 Å². The molecule has 100 valence electrons. The summed E-state index contributed by atoms with van der Waals surface area (Å²) >= 11 is 0. The van der Waals surface area contributed by atoms with Crippen LogP contribution >= 0.6 is 0 Å². The van der Waals surface area contributed by atoms with Crippen LogP contribution in [0.25, 0.3) is 11.0 Å². The van der Waals surface area contributed by atoms with Crippen molar-refractivity contribution >= 4 is 16.9 Å². The number of carbonyl (C=O) groups is 1. The fourth-order valence-corrected chi connectivity index (χ4v) is 2.08. The first kappa shape index (κ1) is 13.5. The molecule has 0 radical (unpaired) electrons. The lowest BCUT2D eigenvalue weighted by Crippen LogP contribution is -2.33. The van der Waals surface area contributed by atoms with Gasteiger partial charge in [-0.15, -0.1) is 0 Å². The van der Waals surface area contributed by atoms with Crippen molar-refractivity contribution in [2.24, 2.45) is 0 Å². The smallest absolute Gasteiger partial charge is 0.274 e. The highest BCUT2D eigenvalue weighted by Crippen LogP contribution is 2.10. The van der Waals surface area contributed by atoms with Gasteiger partial charge in [-0.1, -0.05) is 26.0 Å². The number of amides is 1. The molecule has 0 atom stereocenters. The number of fused-ring (bicyclic) bond motifs is 1. The zero-order valence-corrected chi connectivity index (χ0v) is 11.5. The number of hydrogen-bond donors (Lipinski definition) is 0. The van der Waals surface area contributed by atoms with E-state index in [0.717, 1.165) is 37.0 Å². The number of carbonyl (C=O) groups excluding carboxylic acids is 1. The maximum absolute atomic E-state index is 12.4. The van der Waals surface area contributed by atoms with Gasteiger partial charge in [-0.25, -0.2) is 4.98 Å². The summed E-state index contributed by atoms with van der Waals surface area (Å²) in [6.07, 6.45) is 3.47. The monoisotopic (exact) mass is 257 g/mol. The van der Waals surface area contributed by atoms with Crippen molar-refractivity contribution in [1.82, 2.24) is 14.9 Å². The standard InChI is InChI=1S/C15H19N3O/c1-3-9-18(10-4-2)15(19)14-11-16-12-7-5-6-8-13(12)17-14/h5-8,11H,3-4,9-10H2,1-2H3. The minimum Gasteiger partial charge on any atom is -0.337 e. The van der Waals surface area contributed by atoms with Crippen LogP contribution in [0.2, 0.25) is 0 Å². The maximum atomic E-state index is 12.4. The molecule has 1 amide bonds. The molecule has 2 aromatic rings. The van der Waals surface area contributed by atoms with E-state index in [9.17, 15) is 4.79 Å². The van der Waals surface area contributed by atoms with Gasteiger partial charge < -0.3 is 4.90 Å². The Kier molecular flexibility index (Phi) is 4.44. The Balaban J connectivity index is 2.29. The number of hydrogen-bond acceptors (Lipinski definition) is 3.